The van der Waals surface area contributed by atoms with Gasteiger partial charge < -0.3 is 14.2 Å². The van der Waals surface area contributed by atoms with E-state index in [0.29, 0.717) is 49.3 Å². The number of aromatic nitrogens is 3. The lowest BCUT2D eigenvalue weighted by atomic mass is 9.82. The quantitative estimate of drug-likeness (QED) is 0.422. The number of pyridine rings is 1. The molecule has 0 radical (unpaired) electrons. The van der Waals surface area contributed by atoms with Crippen LogP contribution in [0.2, 0.25) is 0 Å². The monoisotopic (exact) mass is 523 g/mol. The molecule has 3 heterocycles. The summed E-state index contributed by atoms with van der Waals surface area (Å²) in [5.74, 6) is 0.399. The van der Waals surface area contributed by atoms with Crippen LogP contribution in [0.3, 0.4) is 0 Å². The van der Waals surface area contributed by atoms with E-state index in [4.69, 9.17) is 14.2 Å². The van der Waals surface area contributed by atoms with Gasteiger partial charge >= 0.3 is 0 Å². The van der Waals surface area contributed by atoms with Crippen LogP contribution >= 0.6 is 0 Å². The molecule has 2 saturated carbocycles. The number of nitriles is 1. The van der Waals surface area contributed by atoms with Crippen LogP contribution in [0.25, 0.3) is 11.3 Å². The van der Waals surface area contributed by atoms with E-state index in [1.807, 2.05) is 0 Å². The van der Waals surface area contributed by atoms with E-state index in [1.165, 1.54) is 38.1 Å². The first-order valence-corrected chi connectivity index (χ1v) is 13.9. The van der Waals surface area contributed by atoms with Gasteiger partial charge in [0.15, 0.2) is 5.82 Å². The molecule has 0 atom stereocenters. The van der Waals surface area contributed by atoms with Crippen LogP contribution in [0.5, 0.6) is 5.88 Å². The van der Waals surface area contributed by atoms with Crippen molar-refractivity contribution in [1.29, 1.82) is 5.26 Å². The molecule has 2 aromatic heterocycles. The van der Waals surface area contributed by atoms with Crippen molar-refractivity contribution in [2.24, 2.45) is 11.3 Å². The second kappa shape index (κ2) is 12.5. The van der Waals surface area contributed by atoms with Gasteiger partial charge in [-0.05, 0) is 69.8 Å². The summed E-state index contributed by atoms with van der Waals surface area (Å²) in [6.07, 6.45) is 13.7. The second-order valence-electron chi connectivity index (χ2n) is 11.0. The minimum Gasteiger partial charge on any atom is -0.475 e. The number of nitrogens with zero attached hydrogens (tertiary/aromatic N) is 5. The number of hydrogen-bond acceptors (Lipinski definition) is 8. The minimum atomic E-state index is -0.594. The molecule has 8 nitrogen and oxygen atoms in total. The smallest absolute Gasteiger partial charge is 0.232 e. The van der Waals surface area contributed by atoms with Gasteiger partial charge in [0.25, 0.3) is 0 Å². The molecule has 1 aliphatic heterocycles. The predicted octanol–water partition coefficient (Wildman–Crippen LogP) is 4.59. The standard InChI is InChI=1S/C29H38FN5O3/c1-36-13-10-35(24-6-7-24)23-4-2-21(3-5-23)14-22-15-25(26(30)16-33-22)27-17-32-18-28(34-27)38-20-29(19-31)8-11-37-12-9-29/h15-18,21,23-24H,2-14,20H2,1H3. The molecule has 2 aliphatic carbocycles. The summed E-state index contributed by atoms with van der Waals surface area (Å²) in [5.41, 5.74) is 1.07. The molecular formula is C29H38FN5O3. The van der Waals surface area contributed by atoms with Crippen LogP contribution in [-0.2, 0) is 15.9 Å². The molecule has 9 heteroatoms. The maximum Gasteiger partial charge on any atom is 0.232 e. The SMILES string of the molecule is COCCN(C1CCC(Cc2cc(-c3cncc(OCC4(C#N)CCOCC4)n3)c(F)cn2)CC1)C1CC1. The lowest BCUT2D eigenvalue weighted by Gasteiger charge is -2.37. The molecular weight excluding hydrogens is 485 g/mol. The highest BCUT2D eigenvalue weighted by Crippen LogP contribution is 2.36. The second-order valence-corrected chi connectivity index (χ2v) is 11.0. The average molecular weight is 524 g/mol. The molecule has 0 amide bonds. The Morgan fingerprint density at radius 2 is 1.84 bits per heavy atom. The lowest BCUT2D eigenvalue weighted by Crippen LogP contribution is -2.41. The van der Waals surface area contributed by atoms with Crippen molar-refractivity contribution >= 4 is 0 Å². The molecule has 3 aliphatic rings. The summed E-state index contributed by atoms with van der Waals surface area (Å²) in [7, 11) is 1.78. The number of rotatable bonds is 11. The van der Waals surface area contributed by atoms with E-state index >= 15 is 0 Å². The Labute approximate surface area is 224 Å². The predicted molar refractivity (Wildman–Crippen MR) is 140 cm³/mol. The van der Waals surface area contributed by atoms with E-state index in [1.54, 1.807) is 19.4 Å². The van der Waals surface area contributed by atoms with Crippen molar-refractivity contribution < 1.29 is 18.6 Å². The summed E-state index contributed by atoms with van der Waals surface area (Å²) in [6, 6.07) is 5.58. The Kier molecular flexibility index (Phi) is 8.82. The van der Waals surface area contributed by atoms with Crippen molar-refractivity contribution in [1.82, 2.24) is 19.9 Å². The number of halogens is 1. The highest BCUT2D eigenvalue weighted by atomic mass is 19.1. The van der Waals surface area contributed by atoms with Crippen LogP contribution in [0.15, 0.2) is 24.7 Å². The third-order valence-electron chi connectivity index (χ3n) is 8.34. The van der Waals surface area contributed by atoms with Gasteiger partial charge in [-0.1, -0.05) is 0 Å². The maximum absolute atomic E-state index is 14.8. The van der Waals surface area contributed by atoms with Gasteiger partial charge in [0, 0.05) is 50.2 Å². The highest BCUT2D eigenvalue weighted by molar-refractivity contribution is 5.59. The van der Waals surface area contributed by atoms with Gasteiger partial charge in [-0.25, -0.2) is 9.37 Å². The average Bonchev–Trinajstić information content (AvgIpc) is 3.80. The third kappa shape index (κ3) is 6.66. The Morgan fingerprint density at radius 3 is 2.53 bits per heavy atom. The lowest BCUT2D eigenvalue weighted by molar-refractivity contribution is 0.0182. The highest BCUT2D eigenvalue weighted by Gasteiger charge is 2.36. The van der Waals surface area contributed by atoms with E-state index in [0.717, 1.165) is 44.1 Å². The minimum absolute atomic E-state index is 0.210. The fraction of sp³-hybridized carbons (Fsp3) is 0.655. The molecule has 3 fully saturated rings. The number of hydrogen-bond donors (Lipinski definition) is 0. The Balaban J connectivity index is 1.20. The Morgan fingerprint density at radius 1 is 1.11 bits per heavy atom. The molecule has 0 aromatic carbocycles. The Hall–Kier alpha value is -2.67. The first kappa shape index (κ1) is 26.9. The largest absolute Gasteiger partial charge is 0.475 e. The van der Waals surface area contributed by atoms with Crippen molar-refractivity contribution in [3.05, 3.63) is 36.2 Å². The summed E-state index contributed by atoms with van der Waals surface area (Å²) in [5, 5.41) is 9.67. The Bertz CT molecular complexity index is 1110. The van der Waals surface area contributed by atoms with Crippen LogP contribution in [0, 0.1) is 28.5 Å². The maximum atomic E-state index is 14.8. The van der Waals surface area contributed by atoms with Gasteiger partial charge in [-0.15, -0.1) is 0 Å². The topological polar surface area (TPSA) is 93.4 Å². The number of methoxy groups -OCH3 is 1. The zero-order chi connectivity index (χ0) is 26.4. The molecule has 0 bridgehead atoms. The zero-order valence-corrected chi connectivity index (χ0v) is 22.3. The fourth-order valence-corrected chi connectivity index (χ4v) is 5.84. The molecule has 5 rings (SSSR count). The van der Waals surface area contributed by atoms with Gasteiger partial charge in [0.05, 0.1) is 42.4 Å². The summed E-state index contributed by atoms with van der Waals surface area (Å²) >= 11 is 0. The molecule has 204 valence electrons. The van der Waals surface area contributed by atoms with Crippen LogP contribution in [0.1, 0.15) is 57.1 Å². The summed E-state index contributed by atoms with van der Waals surface area (Å²) < 4.78 is 31.4. The van der Waals surface area contributed by atoms with Crippen molar-refractivity contribution in [3.8, 4) is 23.2 Å². The first-order valence-electron chi connectivity index (χ1n) is 13.9. The van der Waals surface area contributed by atoms with Crippen molar-refractivity contribution in [2.75, 3.05) is 40.1 Å². The van der Waals surface area contributed by atoms with Gasteiger partial charge in [-0.3, -0.25) is 14.9 Å². The van der Waals surface area contributed by atoms with Gasteiger partial charge in [0.2, 0.25) is 5.88 Å². The molecule has 0 N–H and O–H groups in total. The van der Waals surface area contributed by atoms with Crippen molar-refractivity contribution in [2.45, 2.75) is 69.9 Å². The first-order chi connectivity index (χ1) is 18.6. The molecule has 1 saturated heterocycles. The van der Waals surface area contributed by atoms with Crippen LogP contribution in [0.4, 0.5) is 4.39 Å². The van der Waals surface area contributed by atoms with Crippen LogP contribution in [-0.4, -0.2) is 72.0 Å². The van der Waals surface area contributed by atoms with E-state index in [2.05, 4.69) is 25.9 Å². The zero-order valence-electron chi connectivity index (χ0n) is 22.3. The van der Waals surface area contributed by atoms with Gasteiger partial charge in [-0.2, -0.15) is 5.26 Å². The van der Waals surface area contributed by atoms with E-state index in [-0.39, 0.29) is 12.5 Å². The number of ether oxygens (including phenoxy) is 3. The third-order valence-corrected chi connectivity index (χ3v) is 8.34. The van der Waals surface area contributed by atoms with Crippen molar-refractivity contribution in [3.63, 3.8) is 0 Å². The van der Waals surface area contributed by atoms with Crippen LogP contribution < -0.4 is 4.74 Å². The fourth-order valence-electron chi connectivity index (χ4n) is 5.84. The van der Waals surface area contributed by atoms with E-state index < -0.39 is 11.2 Å². The molecule has 0 spiro atoms. The summed E-state index contributed by atoms with van der Waals surface area (Å²) in [6.45, 7) is 3.11. The molecule has 38 heavy (non-hydrogen) atoms. The molecule has 0 unspecified atom stereocenters. The molecule has 2 aromatic rings. The van der Waals surface area contributed by atoms with E-state index in [9.17, 15) is 9.65 Å². The van der Waals surface area contributed by atoms with Gasteiger partial charge in [0.1, 0.15) is 6.61 Å². The normalized spacial score (nSPS) is 23.2. The summed E-state index contributed by atoms with van der Waals surface area (Å²) in [4.78, 5) is 15.8.